The molecule has 1 aliphatic heterocycles. The van der Waals surface area contributed by atoms with Crippen molar-refractivity contribution in [3.8, 4) is 11.1 Å². The van der Waals surface area contributed by atoms with Crippen molar-refractivity contribution in [1.29, 1.82) is 0 Å². The Morgan fingerprint density at radius 1 is 0.360 bits per heavy atom. The number of hydrogen-bond donors (Lipinski definition) is 0. The fraction of sp³-hybridized carbons (Fsp3) is 0. The van der Waals surface area contributed by atoms with Crippen LogP contribution in [0.15, 0.2) is 109 Å². The topological polar surface area (TPSA) is 0 Å². The van der Waals surface area contributed by atoms with Crippen LogP contribution in [-0.4, -0.2) is 0 Å². The van der Waals surface area contributed by atoms with E-state index >= 15 is 0 Å². The van der Waals surface area contributed by atoms with Crippen LogP contribution >= 0.6 is 7.26 Å². The van der Waals surface area contributed by atoms with E-state index in [9.17, 15) is 0 Å². The molecule has 0 bridgehead atoms. The van der Waals surface area contributed by atoms with Crippen molar-refractivity contribution in [2.24, 2.45) is 0 Å². The van der Waals surface area contributed by atoms with E-state index in [1.54, 1.807) is 0 Å². The average Bonchev–Trinajstić information content (AvgIpc) is 3.01. The van der Waals surface area contributed by atoms with Crippen LogP contribution in [0.5, 0.6) is 0 Å². The second-order valence-corrected chi connectivity index (χ2v) is 10.3. The molecule has 25 heavy (non-hydrogen) atoms. The second-order valence-electron chi connectivity index (χ2n) is 6.57. The molecule has 0 saturated carbocycles. The van der Waals surface area contributed by atoms with Gasteiger partial charge in [-0.2, -0.15) is 0 Å². The van der Waals surface area contributed by atoms with Gasteiger partial charge in [0.25, 0.3) is 0 Å². The third kappa shape index (κ3) is 1.98. The molecule has 0 spiro atoms. The van der Waals surface area contributed by atoms with Crippen LogP contribution in [0.1, 0.15) is 0 Å². The molecule has 1 heteroatoms. The summed E-state index contributed by atoms with van der Waals surface area (Å²) in [7, 11) is -2.23. The molecule has 4 aromatic carbocycles. The number of rotatable bonds is 2. The Morgan fingerprint density at radius 3 is 1.16 bits per heavy atom. The molecular weight excluding hydrogens is 319 g/mol. The number of benzene rings is 4. The van der Waals surface area contributed by atoms with Gasteiger partial charge in [-0.1, -0.05) is 0 Å². The van der Waals surface area contributed by atoms with Crippen LogP contribution < -0.4 is 21.2 Å². The third-order valence-electron chi connectivity index (χ3n) is 5.37. The molecule has 5 rings (SSSR count). The Labute approximate surface area is 149 Å². The standard InChI is InChI=1S/C24H19P/c1-3-11-19(12-4-1)25(20-13-5-2-6-14-20)23-17-9-7-15-21(23)22-16-8-10-18-24(22)25/h1-18,25H. The van der Waals surface area contributed by atoms with Crippen molar-refractivity contribution in [2.75, 3.05) is 0 Å². The maximum atomic E-state index is 2.35. The van der Waals surface area contributed by atoms with E-state index in [1.165, 1.54) is 32.3 Å². The molecule has 1 heterocycles. The molecule has 4 aromatic rings. The first-order valence-electron chi connectivity index (χ1n) is 8.73. The predicted octanol–water partition coefficient (Wildman–Crippen LogP) is 4.02. The number of hydrogen-bond acceptors (Lipinski definition) is 0. The third-order valence-corrected chi connectivity index (χ3v) is 10.3. The van der Waals surface area contributed by atoms with E-state index in [0.717, 1.165) is 0 Å². The molecule has 1 aliphatic rings. The summed E-state index contributed by atoms with van der Waals surface area (Å²) in [5, 5.41) is 5.93. The van der Waals surface area contributed by atoms with E-state index in [0.29, 0.717) is 0 Å². The Kier molecular flexibility index (Phi) is 3.33. The van der Waals surface area contributed by atoms with Crippen LogP contribution in [0, 0.1) is 0 Å². The predicted molar refractivity (Wildman–Crippen MR) is 112 cm³/mol. The zero-order valence-electron chi connectivity index (χ0n) is 13.9. The Balaban J connectivity index is 1.98. The molecular formula is C24H19P. The first-order chi connectivity index (χ1) is 12.4. The van der Waals surface area contributed by atoms with Crippen LogP contribution in [0.2, 0.25) is 0 Å². The van der Waals surface area contributed by atoms with Crippen molar-refractivity contribution in [1.82, 2.24) is 0 Å². The maximum absolute atomic E-state index is 2.35. The van der Waals surface area contributed by atoms with Crippen LogP contribution in [0.25, 0.3) is 11.1 Å². The van der Waals surface area contributed by atoms with Crippen LogP contribution in [-0.2, 0) is 0 Å². The summed E-state index contributed by atoms with van der Waals surface area (Å²) in [6.07, 6.45) is 0. The van der Waals surface area contributed by atoms with Gasteiger partial charge in [0.2, 0.25) is 0 Å². The fourth-order valence-electron chi connectivity index (χ4n) is 4.40. The second kappa shape index (κ2) is 5.69. The quantitative estimate of drug-likeness (QED) is 0.427. The van der Waals surface area contributed by atoms with Gasteiger partial charge < -0.3 is 0 Å². The van der Waals surface area contributed by atoms with E-state index in [2.05, 4.69) is 109 Å². The van der Waals surface area contributed by atoms with E-state index in [-0.39, 0.29) is 0 Å². The average molecular weight is 338 g/mol. The van der Waals surface area contributed by atoms with Crippen molar-refractivity contribution in [3.63, 3.8) is 0 Å². The van der Waals surface area contributed by atoms with Gasteiger partial charge in [0.05, 0.1) is 0 Å². The van der Waals surface area contributed by atoms with Gasteiger partial charge in [-0.15, -0.1) is 0 Å². The minimum absolute atomic E-state index is 1.40. The normalized spacial score (nSPS) is 15.2. The van der Waals surface area contributed by atoms with Crippen molar-refractivity contribution >= 4 is 28.5 Å². The first-order valence-corrected chi connectivity index (χ1v) is 10.7. The summed E-state index contributed by atoms with van der Waals surface area (Å²) in [6.45, 7) is 0. The van der Waals surface area contributed by atoms with Crippen molar-refractivity contribution < 1.29 is 0 Å². The summed E-state index contributed by atoms with van der Waals surface area (Å²) in [6, 6.07) is 40.2. The van der Waals surface area contributed by atoms with Gasteiger partial charge in [0.15, 0.2) is 0 Å². The monoisotopic (exact) mass is 338 g/mol. The Morgan fingerprint density at radius 2 is 0.720 bits per heavy atom. The molecule has 0 nitrogen and oxygen atoms in total. The molecule has 0 amide bonds. The molecule has 0 fully saturated rings. The van der Waals surface area contributed by atoms with E-state index < -0.39 is 7.26 Å². The Hall–Kier alpha value is -2.69. The summed E-state index contributed by atoms with van der Waals surface area (Å²) in [5.41, 5.74) is 2.80. The van der Waals surface area contributed by atoms with Gasteiger partial charge in [0, 0.05) is 0 Å². The van der Waals surface area contributed by atoms with Gasteiger partial charge in [0.1, 0.15) is 0 Å². The minimum atomic E-state index is -2.23. The molecule has 0 radical (unpaired) electrons. The summed E-state index contributed by atoms with van der Waals surface area (Å²) in [5.74, 6) is 0. The van der Waals surface area contributed by atoms with Crippen LogP contribution in [0.3, 0.4) is 0 Å². The van der Waals surface area contributed by atoms with E-state index in [4.69, 9.17) is 0 Å². The van der Waals surface area contributed by atoms with Gasteiger partial charge in [-0.25, -0.2) is 0 Å². The molecule has 0 N–H and O–H groups in total. The van der Waals surface area contributed by atoms with Gasteiger partial charge >= 0.3 is 149 Å². The van der Waals surface area contributed by atoms with Crippen LogP contribution in [0.4, 0.5) is 0 Å². The zero-order valence-corrected chi connectivity index (χ0v) is 14.9. The molecule has 0 aromatic heterocycles. The van der Waals surface area contributed by atoms with E-state index in [1.807, 2.05) is 0 Å². The molecule has 0 unspecified atom stereocenters. The first kappa shape index (κ1) is 14.6. The SMILES string of the molecule is c1ccc([PH]2(c3ccccc3)c3ccccc3-c3ccccc32)cc1. The molecule has 0 atom stereocenters. The van der Waals surface area contributed by atoms with Gasteiger partial charge in [-0.3, -0.25) is 0 Å². The number of fused-ring (bicyclic) bond motifs is 3. The molecule has 0 aliphatic carbocycles. The zero-order chi connectivity index (χ0) is 16.7. The fourth-order valence-corrected chi connectivity index (χ4v) is 9.59. The van der Waals surface area contributed by atoms with Crippen molar-refractivity contribution in [3.05, 3.63) is 109 Å². The summed E-state index contributed by atoms with van der Waals surface area (Å²) in [4.78, 5) is 0. The molecule has 0 saturated heterocycles. The van der Waals surface area contributed by atoms with Gasteiger partial charge in [-0.05, 0) is 0 Å². The molecule has 120 valence electrons. The Bertz CT molecular complexity index is 949. The summed E-state index contributed by atoms with van der Waals surface area (Å²) >= 11 is 0. The van der Waals surface area contributed by atoms with Crippen molar-refractivity contribution in [2.45, 2.75) is 0 Å². The summed E-state index contributed by atoms with van der Waals surface area (Å²) < 4.78 is 0.